The molecule has 0 aliphatic rings. The van der Waals surface area contributed by atoms with Gasteiger partial charge in [0.25, 0.3) is 0 Å². The summed E-state index contributed by atoms with van der Waals surface area (Å²) in [5.74, 6) is 0.0192. The predicted molar refractivity (Wildman–Crippen MR) is 73.1 cm³/mol. The van der Waals surface area contributed by atoms with Crippen molar-refractivity contribution in [2.24, 2.45) is 5.73 Å². The Bertz CT molecular complexity index is 329. The first-order valence-electron chi connectivity index (χ1n) is 5.73. The Balaban J connectivity index is 0.00000256. The summed E-state index contributed by atoms with van der Waals surface area (Å²) in [5, 5.41) is 2.91. The summed E-state index contributed by atoms with van der Waals surface area (Å²) in [5.41, 5.74) is 6.95. The molecule has 2 unspecified atom stereocenters. The van der Waals surface area contributed by atoms with Crippen LogP contribution in [0.2, 0.25) is 0 Å². The molecule has 1 aromatic rings. The van der Waals surface area contributed by atoms with Gasteiger partial charge < -0.3 is 11.1 Å². The number of nitrogens with two attached hydrogens (primary N) is 1. The monoisotopic (exact) mass is 256 g/mol. The zero-order chi connectivity index (χ0) is 12.0. The lowest BCUT2D eigenvalue weighted by molar-refractivity contribution is -0.122. The minimum atomic E-state index is -0.217. The van der Waals surface area contributed by atoms with Gasteiger partial charge in [0.2, 0.25) is 5.91 Å². The Labute approximate surface area is 109 Å². The standard InChI is InChI=1S/C13H20N2O.ClH/c1-3-10(2)15-13(16)9-12(14)11-7-5-4-6-8-11;/h4-8,10,12H,3,9,14H2,1-2H3,(H,15,16);1H. The Hall–Kier alpha value is -1.06. The lowest BCUT2D eigenvalue weighted by Gasteiger charge is -2.15. The summed E-state index contributed by atoms with van der Waals surface area (Å²) in [7, 11) is 0. The largest absolute Gasteiger partial charge is 0.354 e. The number of amides is 1. The quantitative estimate of drug-likeness (QED) is 0.850. The van der Waals surface area contributed by atoms with Crippen LogP contribution in [-0.2, 0) is 4.79 Å². The number of hydrogen-bond donors (Lipinski definition) is 2. The first-order valence-corrected chi connectivity index (χ1v) is 5.73. The molecular weight excluding hydrogens is 236 g/mol. The Morgan fingerprint density at radius 1 is 1.35 bits per heavy atom. The van der Waals surface area contributed by atoms with Crippen LogP contribution >= 0.6 is 12.4 Å². The number of nitrogens with one attached hydrogen (secondary N) is 1. The summed E-state index contributed by atoms with van der Waals surface area (Å²) in [6.45, 7) is 4.04. The molecule has 0 saturated carbocycles. The second kappa shape index (κ2) is 8.09. The first kappa shape index (κ1) is 15.9. The average Bonchev–Trinajstić information content (AvgIpc) is 2.29. The third-order valence-corrected chi connectivity index (χ3v) is 2.65. The van der Waals surface area contributed by atoms with E-state index in [-0.39, 0.29) is 30.4 Å². The minimum Gasteiger partial charge on any atom is -0.354 e. The summed E-state index contributed by atoms with van der Waals surface area (Å²) in [6.07, 6.45) is 1.28. The van der Waals surface area contributed by atoms with Gasteiger partial charge in [0.1, 0.15) is 0 Å². The molecule has 4 heteroatoms. The second-order valence-corrected chi connectivity index (χ2v) is 4.10. The number of halogens is 1. The zero-order valence-corrected chi connectivity index (χ0v) is 11.2. The SMILES string of the molecule is CCC(C)NC(=O)CC(N)c1ccccc1.Cl. The summed E-state index contributed by atoms with van der Waals surface area (Å²) >= 11 is 0. The van der Waals surface area contributed by atoms with Crippen LogP contribution in [0, 0.1) is 0 Å². The molecule has 3 N–H and O–H groups in total. The van der Waals surface area contributed by atoms with Gasteiger partial charge in [-0.3, -0.25) is 4.79 Å². The highest BCUT2D eigenvalue weighted by molar-refractivity contribution is 5.85. The maximum Gasteiger partial charge on any atom is 0.222 e. The maximum atomic E-state index is 11.6. The molecule has 0 bridgehead atoms. The van der Waals surface area contributed by atoms with Crippen LogP contribution in [0.3, 0.4) is 0 Å². The molecule has 1 aromatic carbocycles. The highest BCUT2D eigenvalue weighted by Gasteiger charge is 2.12. The molecular formula is C13H21ClN2O. The topological polar surface area (TPSA) is 55.1 Å². The fourth-order valence-electron chi connectivity index (χ4n) is 1.45. The van der Waals surface area contributed by atoms with Gasteiger partial charge in [-0.05, 0) is 18.9 Å². The van der Waals surface area contributed by atoms with Gasteiger partial charge in [0.05, 0.1) is 0 Å². The molecule has 0 fully saturated rings. The van der Waals surface area contributed by atoms with Crippen molar-refractivity contribution in [3.05, 3.63) is 35.9 Å². The lowest BCUT2D eigenvalue weighted by Crippen LogP contribution is -2.34. The molecule has 3 nitrogen and oxygen atoms in total. The molecule has 96 valence electrons. The number of hydrogen-bond acceptors (Lipinski definition) is 2. The molecule has 0 aliphatic carbocycles. The van der Waals surface area contributed by atoms with E-state index >= 15 is 0 Å². The first-order chi connectivity index (χ1) is 7.63. The summed E-state index contributed by atoms with van der Waals surface area (Å²) in [4.78, 5) is 11.6. The number of rotatable bonds is 5. The highest BCUT2D eigenvalue weighted by Crippen LogP contribution is 2.12. The molecule has 1 rings (SSSR count). The van der Waals surface area contributed by atoms with Gasteiger partial charge in [-0.25, -0.2) is 0 Å². The van der Waals surface area contributed by atoms with Gasteiger partial charge in [-0.1, -0.05) is 37.3 Å². The molecule has 0 aromatic heterocycles. The second-order valence-electron chi connectivity index (χ2n) is 4.10. The van der Waals surface area contributed by atoms with Crippen LogP contribution in [-0.4, -0.2) is 11.9 Å². The van der Waals surface area contributed by atoms with E-state index in [4.69, 9.17) is 5.73 Å². The smallest absolute Gasteiger partial charge is 0.222 e. The summed E-state index contributed by atoms with van der Waals surface area (Å²) in [6, 6.07) is 9.70. The van der Waals surface area contributed by atoms with E-state index in [1.165, 1.54) is 0 Å². The van der Waals surface area contributed by atoms with Gasteiger partial charge in [-0.2, -0.15) is 0 Å². The van der Waals surface area contributed by atoms with E-state index in [2.05, 4.69) is 5.32 Å². The van der Waals surface area contributed by atoms with E-state index in [1.54, 1.807) is 0 Å². The van der Waals surface area contributed by atoms with Crippen molar-refractivity contribution in [2.45, 2.75) is 38.8 Å². The van der Waals surface area contributed by atoms with E-state index < -0.39 is 0 Å². The Morgan fingerprint density at radius 3 is 2.47 bits per heavy atom. The summed E-state index contributed by atoms with van der Waals surface area (Å²) < 4.78 is 0. The third kappa shape index (κ3) is 5.71. The molecule has 0 heterocycles. The van der Waals surface area contributed by atoms with Crippen LogP contribution in [0.5, 0.6) is 0 Å². The molecule has 1 amide bonds. The fraction of sp³-hybridized carbons (Fsp3) is 0.462. The number of benzene rings is 1. The normalized spacial score (nSPS) is 13.4. The Kier molecular flexibility index (Phi) is 7.59. The van der Waals surface area contributed by atoms with Gasteiger partial charge >= 0.3 is 0 Å². The van der Waals surface area contributed by atoms with Crippen LogP contribution in [0.4, 0.5) is 0 Å². The van der Waals surface area contributed by atoms with Gasteiger partial charge in [0.15, 0.2) is 0 Å². The van der Waals surface area contributed by atoms with E-state index in [0.717, 1.165) is 12.0 Å². The zero-order valence-electron chi connectivity index (χ0n) is 10.3. The number of carbonyl (C=O) groups excluding carboxylic acids is 1. The van der Waals surface area contributed by atoms with Gasteiger partial charge in [-0.15, -0.1) is 12.4 Å². The van der Waals surface area contributed by atoms with Crippen LogP contribution in [0.15, 0.2) is 30.3 Å². The molecule has 0 spiro atoms. The van der Waals surface area contributed by atoms with Crippen molar-refractivity contribution in [1.29, 1.82) is 0 Å². The van der Waals surface area contributed by atoms with Crippen LogP contribution in [0.25, 0.3) is 0 Å². The predicted octanol–water partition coefficient (Wildman–Crippen LogP) is 2.41. The number of carbonyl (C=O) groups is 1. The van der Waals surface area contributed by atoms with E-state index in [1.807, 2.05) is 44.2 Å². The van der Waals surface area contributed by atoms with Crippen molar-refractivity contribution >= 4 is 18.3 Å². The molecule has 0 radical (unpaired) electrons. The van der Waals surface area contributed by atoms with Crippen molar-refractivity contribution < 1.29 is 4.79 Å². The van der Waals surface area contributed by atoms with E-state index in [9.17, 15) is 4.79 Å². The van der Waals surface area contributed by atoms with Crippen LogP contribution < -0.4 is 11.1 Å². The molecule has 17 heavy (non-hydrogen) atoms. The highest BCUT2D eigenvalue weighted by atomic mass is 35.5. The van der Waals surface area contributed by atoms with Crippen LogP contribution in [0.1, 0.15) is 38.3 Å². The van der Waals surface area contributed by atoms with E-state index in [0.29, 0.717) is 6.42 Å². The third-order valence-electron chi connectivity index (χ3n) is 2.65. The maximum absolute atomic E-state index is 11.6. The average molecular weight is 257 g/mol. The van der Waals surface area contributed by atoms with Crippen molar-refractivity contribution in [3.63, 3.8) is 0 Å². The molecule has 0 saturated heterocycles. The molecule has 2 atom stereocenters. The fourth-order valence-corrected chi connectivity index (χ4v) is 1.45. The molecule has 0 aliphatic heterocycles. The van der Waals surface area contributed by atoms with Crippen molar-refractivity contribution in [1.82, 2.24) is 5.32 Å². The van der Waals surface area contributed by atoms with Gasteiger partial charge in [0, 0.05) is 18.5 Å². The minimum absolute atomic E-state index is 0. The lowest BCUT2D eigenvalue weighted by atomic mass is 10.0. The van der Waals surface area contributed by atoms with Crippen molar-refractivity contribution in [3.8, 4) is 0 Å². The van der Waals surface area contributed by atoms with Crippen molar-refractivity contribution in [2.75, 3.05) is 0 Å². The Morgan fingerprint density at radius 2 is 1.94 bits per heavy atom.